The summed E-state index contributed by atoms with van der Waals surface area (Å²) in [5.41, 5.74) is 4.34. The standard InChI is InChI=1S/C32H32N4O4S/c1-19(2)31-35-20(3)29(41-31)32(38)36-12-10-21-14-25-8-9-27(21)28(36)22-6-4-7-24(15-22)39-13-5-11-34-30(37)23-16-26(40-25)18-33-17-23/h4,6-9,14-19,28H,5,10-13H2,1-3H3,(H,34,37). The van der Waals surface area contributed by atoms with Gasteiger partial charge in [0.2, 0.25) is 0 Å². The van der Waals surface area contributed by atoms with Crippen molar-refractivity contribution < 1.29 is 19.1 Å². The molecular weight excluding hydrogens is 536 g/mol. The molecule has 2 amide bonds. The molecule has 9 heteroatoms. The van der Waals surface area contributed by atoms with Crippen molar-refractivity contribution in [2.24, 2.45) is 0 Å². The van der Waals surface area contributed by atoms with Crippen LogP contribution in [-0.2, 0) is 6.42 Å². The highest BCUT2D eigenvalue weighted by molar-refractivity contribution is 7.13. The second kappa shape index (κ2) is 11.3. The van der Waals surface area contributed by atoms with Crippen molar-refractivity contribution in [3.63, 3.8) is 0 Å². The molecule has 2 aromatic carbocycles. The molecule has 3 aliphatic rings. The van der Waals surface area contributed by atoms with E-state index in [1.807, 2.05) is 54.3 Å². The van der Waals surface area contributed by atoms with Gasteiger partial charge in [-0.1, -0.05) is 32.0 Å². The Morgan fingerprint density at radius 3 is 2.80 bits per heavy atom. The number of carbonyl (C=O) groups is 2. The molecule has 210 valence electrons. The molecule has 8 nitrogen and oxygen atoms in total. The van der Waals surface area contributed by atoms with Crippen LogP contribution in [0.25, 0.3) is 0 Å². The summed E-state index contributed by atoms with van der Waals surface area (Å²) in [6.07, 6.45) is 4.45. The van der Waals surface area contributed by atoms with Gasteiger partial charge in [-0.2, -0.15) is 0 Å². The number of thiazole rings is 1. The predicted molar refractivity (Wildman–Crippen MR) is 157 cm³/mol. The van der Waals surface area contributed by atoms with Crippen LogP contribution in [0.3, 0.4) is 0 Å². The van der Waals surface area contributed by atoms with E-state index < -0.39 is 0 Å². The first-order valence-electron chi connectivity index (χ1n) is 13.9. The molecule has 3 aliphatic heterocycles. The van der Waals surface area contributed by atoms with Gasteiger partial charge in [0.25, 0.3) is 11.8 Å². The van der Waals surface area contributed by atoms with Gasteiger partial charge in [0, 0.05) is 25.2 Å². The van der Waals surface area contributed by atoms with Crippen LogP contribution in [0.2, 0.25) is 0 Å². The molecule has 0 spiro atoms. The smallest absolute Gasteiger partial charge is 0.266 e. The molecule has 0 fully saturated rings. The van der Waals surface area contributed by atoms with Crippen LogP contribution in [0.15, 0.2) is 60.9 Å². The van der Waals surface area contributed by atoms with Crippen molar-refractivity contribution in [1.82, 2.24) is 20.2 Å². The van der Waals surface area contributed by atoms with E-state index in [-0.39, 0.29) is 23.8 Å². The number of amides is 2. The summed E-state index contributed by atoms with van der Waals surface area (Å²) in [5, 5.41) is 3.89. The molecule has 1 N–H and O–H groups in total. The zero-order valence-electron chi connectivity index (χ0n) is 23.3. The Balaban J connectivity index is 1.42. The Labute approximate surface area is 243 Å². The third kappa shape index (κ3) is 5.54. The molecule has 0 saturated carbocycles. The maximum atomic E-state index is 14.1. The molecule has 8 bridgehead atoms. The minimum Gasteiger partial charge on any atom is -0.494 e. The summed E-state index contributed by atoms with van der Waals surface area (Å²) in [5.74, 6) is 1.91. The lowest BCUT2D eigenvalue weighted by Gasteiger charge is -2.38. The fourth-order valence-electron chi connectivity index (χ4n) is 5.31. The third-order valence-corrected chi connectivity index (χ3v) is 8.81. The molecule has 5 heterocycles. The maximum Gasteiger partial charge on any atom is 0.266 e. The van der Waals surface area contributed by atoms with Gasteiger partial charge in [-0.05, 0) is 66.8 Å². The molecule has 0 radical (unpaired) electrons. The van der Waals surface area contributed by atoms with Gasteiger partial charge in [-0.15, -0.1) is 11.3 Å². The van der Waals surface area contributed by atoms with Gasteiger partial charge >= 0.3 is 0 Å². The number of hydrogen-bond acceptors (Lipinski definition) is 7. The number of nitrogens with one attached hydrogen (secondary N) is 1. The van der Waals surface area contributed by atoms with Crippen molar-refractivity contribution in [2.45, 2.75) is 45.6 Å². The Kier molecular flexibility index (Phi) is 7.45. The minimum atomic E-state index is -0.295. The number of aryl methyl sites for hydroxylation is 1. The van der Waals surface area contributed by atoms with Crippen LogP contribution in [0.4, 0.5) is 0 Å². The second-order valence-electron chi connectivity index (χ2n) is 10.7. The number of pyridine rings is 1. The maximum absolute atomic E-state index is 14.1. The van der Waals surface area contributed by atoms with E-state index in [2.05, 4.69) is 24.1 Å². The largest absolute Gasteiger partial charge is 0.494 e. The molecule has 1 unspecified atom stereocenters. The lowest BCUT2D eigenvalue weighted by atomic mass is 9.87. The van der Waals surface area contributed by atoms with E-state index in [1.165, 1.54) is 17.5 Å². The van der Waals surface area contributed by atoms with Crippen molar-refractivity contribution in [3.05, 3.63) is 98.8 Å². The summed E-state index contributed by atoms with van der Waals surface area (Å²) < 4.78 is 12.2. The van der Waals surface area contributed by atoms with Gasteiger partial charge in [0.1, 0.15) is 22.1 Å². The zero-order chi connectivity index (χ0) is 28.5. The van der Waals surface area contributed by atoms with Crippen LogP contribution >= 0.6 is 11.3 Å². The molecular formula is C32H32N4O4S. The highest BCUT2D eigenvalue weighted by Crippen LogP contribution is 2.40. The Morgan fingerprint density at radius 2 is 1.98 bits per heavy atom. The molecule has 41 heavy (non-hydrogen) atoms. The van der Waals surface area contributed by atoms with E-state index in [1.54, 1.807) is 12.3 Å². The number of nitrogens with zero attached hydrogens (tertiary/aromatic N) is 3. The molecule has 0 saturated heterocycles. The van der Waals surface area contributed by atoms with Crippen molar-refractivity contribution in [1.29, 1.82) is 0 Å². The molecule has 7 rings (SSSR count). The van der Waals surface area contributed by atoms with E-state index in [9.17, 15) is 9.59 Å². The van der Waals surface area contributed by atoms with Crippen molar-refractivity contribution in [2.75, 3.05) is 19.7 Å². The van der Waals surface area contributed by atoms with Crippen LogP contribution in [0, 0.1) is 6.92 Å². The zero-order valence-corrected chi connectivity index (χ0v) is 24.2. The van der Waals surface area contributed by atoms with Gasteiger partial charge in [0.15, 0.2) is 0 Å². The van der Waals surface area contributed by atoms with Gasteiger partial charge in [-0.25, -0.2) is 4.98 Å². The van der Waals surface area contributed by atoms with Gasteiger partial charge in [0.05, 0.1) is 35.1 Å². The lowest BCUT2D eigenvalue weighted by molar-refractivity contribution is 0.0698. The van der Waals surface area contributed by atoms with Crippen LogP contribution in [0.1, 0.15) is 79.6 Å². The van der Waals surface area contributed by atoms with E-state index in [0.29, 0.717) is 54.5 Å². The second-order valence-corrected chi connectivity index (χ2v) is 11.7. The monoisotopic (exact) mass is 568 g/mol. The average Bonchev–Trinajstić information content (AvgIpc) is 3.37. The Morgan fingerprint density at radius 1 is 1.10 bits per heavy atom. The predicted octanol–water partition coefficient (Wildman–Crippen LogP) is 6.06. The number of carbonyl (C=O) groups excluding carboxylic acids is 2. The third-order valence-electron chi connectivity index (χ3n) is 7.37. The number of rotatable bonds is 2. The highest BCUT2D eigenvalue weighted by atomic mass is 32.1. The summed E-state index contributed by atoms with van der Waals surface area (Å²) in [6.45, 7) is 7.57. The molecule has 4 aromatic rings. The summed E-state index contributed by atoms with van der Waals surface area (Å²) in [6, 6.07) is 15.3. The fourth-order valence-corrected chi connectivity index (χ4v) is 6.34. The molecule has 2 aromatic heterocycles. The van der Waals surface area contributed by atoms with E-state index in [0.717, 1.165) is 33.1 Å². The molecule has 0 aliphatic carbocycles. The quantitative estimate of drug-likeness (QED) is 0.316. The first-order chi connectivity index (χ1) is 19.9. The Hall–Kier alpha value is -4.24. The average molecular weight is 569 g/mol. The number of fused-ring (bicyclic) bond motifs is 6. The minimum absolute atomic E-state index is 0.00466. The number of hydrogen-bond donors (Lipinski definition) is 1. The van der Waals surface area contributed by atoms with Crippen molar-refractivity contribution in [3.8, 4) is 17.2 Å². The van der Waals surface area contributed by atoms with E-state index in [4.69, 9.17) is 14.5 Å². The van der Waals surface area contributed by atoms with Crippen LogP contribution < -0.4 is 14.8 Å². The van der Waals surface area contributed by atoms with Crippen LogP contribution in [0.5, 0.6) is 17.2 Å². The topological polar surface area (TPSA) is 93.7 Å². The van der Waals surface area contributed by atoms with Crippen LogP contribution in [-0.4, -0.2) is 46.4 Å². The number of ether oxygens (including phenoxy) is 2. The summed E-state index contributed by atoms with van der Waals surface area (Å²) >= 11 is 1.49. The van der Waals surface area contributed by atoms with Gasteiger partial charge in [-0.3, -0.25) is 14.6 Å². The first-order valence-corrected chi connectivity index (χ1v) is 14.7. The molecule has 1 atom stereocenters. The Bertz CT molecular complexity index is 1610. The van der Waals surface area contributed by atoms with Crippen molar-refractivity contribution >= 4 is 23.2 Å². The summed E-state index contributed by atoms with van der Waals surface area (Å²) in [7, 11) is 0. The fraction of sp³-hybridized carbons (Fsp3) is 0.312. The number of aromatic nitrogens is 2. The normalized spacial score (nSPS) is 16.8. The number of benzene rings is 2. The first kappa shape index (κ1) is 27.0. The highest BCUT2D eigenvalue weighted by Gasteiger charge is 2.35. The van der Waals surface area contributed by atoms with Gasteiger partial charge < -0.3 is 19.7 Å². The SMILES string of the molecule is Cc1nc(C(C)C)sc1C(=O)N1CCc2cc3ccc2C1c1cccc(c1)OCCCNC(=O)c1cncc(c1)O3. The summed E-state index contributed by atoms with van der Waals surface area (Å²) in [4.78, 5) is 38.3. The van der Waals surface area contributed by atoms with E-state index >= 15 is 0 Å². The lowest BCUT2D eigenvalue weighted by Crippen LogP contribution is -2.40.